The number of fused-ring (bicyclic) bond motifs is 3. The first-order valence-corrected chi connectivity index (χ1v) is 12.2. The van der Waals surface area contributed by atoms with Crippen molar-refractivity contribution in [2.24, 2.45) is 0 Å². The highest BCUT2D eigenvalue weighted by Crippen LogP contribution is 2.36. The van der Waals surface area contributed by atoms with Crippen molar-refractivity contribution in [3.05, 3.63) is 81.2 Å². The quantitative estimate of drug-likeness (QED) is 0.348. The molecule has 0 saturated heterocycles. The van der Waals surface area contributed by atoms with E-state index in [9.17, 15) is 0 Å². The van der Waals surface area contributed by atoms with Gasteiger partial charge in [-0.05, 0) is 23.3 Å². The van der Waals surface area contributed by atoms with Gasteiger partial charge >= 0.3 is 0 Å². The van der Waals surface area contributed by atoms with Gasteiger partial charge in [0.05, 0.1) is 16.8 Å². The van der Waals surface area contributed by atoms with Crippen LogP contribution in [0.1, 0.15) is 21.6 Å². The van der Waals surface area contributed by atoms with Crippen LogP contribution in [0.3, 0.4) is 0 Å². The van der Waals surface area contributed by atoms with Gasteiger partial charge in [0.15, 0.2) is 5.16 Å². The molecule has 7 heteroatoms. The Kier molecular flexibility index (Phi) is 5.65. The van der Waals surface area contributed by atoms with E-state index in [-0.39, 0.29) is 0 Å². The zero-order valence-corrected chi connectivity index (χ0v) is 18.8. The normalized spacial score (nSPS) is 16.0. The molecule has 0 radical (unpaired) electrons. The second-order valence-electron chi connectivity index (χ2n) is 7.58. The molecule has 0 fully saturated rings. The lowest BCUT2D eigenvalue weighted by molar-refractivity contribution is -0.929. The molecule has 0 aliphatic carbocycles. The molecule has 2 aromatic heterocycles. The number of nitrogens with one attached hydrogen (secondary N) is 1. The van der Waals surface area contributed by atoms with Gasteiger partial charge in [-0.3, -0.25) is 0 Å². The van der Waals surface area contributed by atoms with Crippen molar-refractivity contribution in [2.45, 2.75) is 30.4 Å². The van der Waals surface area contributed by atoms with Crippen molar-refractivity contribution in [2.75, 3.05) is 12.3 Å². The summed E-state index contributed by atoms with van der Waals surface area (Å²) < 4.78 is 0. The Morgan fingerprint density at radius 1 is 1.03 bits per heavy atom. The van der Waals surface area contributed by atoms with Crippen LogP contribution in [0.5, 0.6) is 0 Å². The number of hydrogen-bond acceptors (Lipinski definition) is 5. The SMILES string of the molecule is Nc1nc(SCc2ccc(Cl)cc2)nc2sc3c(c12)CC[NH+](Cc1ccccc1)C3. The number of anilines is 1. The second-order valence-corrected chi connectivity index (χ2v) is 10.0. The van der Waals surface area contributed by atoms with Crippen LogP contribution in [0.25, 0.3) is 10.2 Å². The van der Waals surface area contributed by atoms with E-state index in [1.807, 2.05) is 24.3 Å². The van der Waals surface area contributed by atoms with Gasteiger partial charge in [-0.2, -0.15) is 0 Å². The first-order valence-electron chi connectivity index (χ1n) is 9.98. The second kappa shape index (κ2) is 8.55. The van der Waals surface area contributed by atoms with Crippen LogP contribution in [0.4, 0.5) is 5.82 Å². The van der Waals surface area contributed by atoms with Gasteiger partial charge in [-0.1, -0.05) is 65.8 Å². The van der Waals surface area contributed by atoms with Gasteiger partial charge in [0.1, 0.15) is 23.7 Å². The zero-order valence-electron chi connectivity index (χ0n) is 16.4. The number of quaternary nitrogens is 1. The third-order valence-corrected chi connectivity index (χ3v) is 7.76. The van der Waals surface area contributed by atoms with Gasteiger partial charge < -0.3 is 10.6 Å². The number of benzene rings is 2. The molecular weight excluding hydrogens is 432 g/mol. The molecule has 4 nitrogen and oxygen atoms in total. The van der Waals surface area contributed by atoms with E-state index in [1.165, 1.54) is 21.6 Å². The number of nitrogen functional groups attached to an aromatic ring is 1. The summed E-state index contributed by atoms with van der Waals surface area (Å²) in [5.74, 6) is 1.41. The van der Waals surface area contributed by atoms with Crippen LogP contribution in [0, 0.1) is 0 Å². The molecule has 0 bridgehead atoms. The lowest BCUT2D eigenvalue weighted by Gasteiger charge is -2.24. The fourth-order valence-corrected chi connectivity index (χ4v) is 6.25. The lowest BCUT2D eigenvalue weighted by atomic mass is 10.0. The largest absolute Gasteiger partial charge is 0.383 e. The fourth-order valence-electron chi connectivity index (χ4n) is 3.96. The smallest absolute Gasteiger partial charge is 0.191 e. The molecule has 0 amide bonds. The fraction of sp³-hybridized carbons (Fsp3) is 0.217. The minimum absolute atomic E-state index is 0.614. The molecular formula is C23H22ClN4S2+. The van der Waals surface area contributed by atoms with Crippen LogP contribution < -0.4 is 10.6 Å². The van der Waals surface area contributed by atoms with Gasteiger partial charge in [0, 0.05) is 22.8 Å². The van der Waals surface area contributed by atoms with Crippen LogP contribution in [0.15, 0.2) is 59.8 Å². The van der Waals surface area contributed by atoms with E-state index >= 15 is 0 Å². The highest BCUT2D eigenvalue weighted by molar-refractivity contribution is 7.98. The zero-order chi connectivity index (χ0) is 20.5. The van der Waals surface area contributed by atoms with E-state index < -0.39 is 0 Å². The minimum Gasteiger partial charge on any atom is -0.383 e. The third kappa shape index (κ3) is 4.18. The Morgan fingerprint density at radius 2 is 1.83 bits per heavy atom. The molecule has 2 aromatic carbocycles. The number of thioether (sulfide) groups is 1. The van der Waals surface area contributed by atoms with Gasteiger partial charge in [-0.25, -0.2) is 9.97 Å². The van der Waals surface area contributed by atoms with Crippen molar-refractivity contribution in [3.8, 4) is 0 Å². The number of hydrogen-bond donors (Lipinski definition) is 2. The van der Waals surface area contributed by atoms with Gasteiger partial charge in [0.2, 0.25) is 0 Å². The molecule has 1 aliphatic heterocycles. The molecule has 1 unspecified atom stereocenters. The molecule has 3 N–H and O–H groups in total. The molecule has 1 atom stereocenters. The number of nitrogens with two attached hydrogens (primary N) is 1. The lowest BCUT2D eigenvalue weighted by Crippen LogP contribution is -3.10. The topological polar surface area (TPSA) is 56.2 Å². The predicted molar refractivity (Wildman–Crippen MR) is 126 cm³/mol. The van der Waals surface area contributed by atoms with Crippen molar-refractivity contribution >= 4 is 50.7 Å². The van der Waals surface area contributed by atoms with Crippen molar-refractivity contribution in [3.63, 3.8) is 0 Å². The third-order valence-electron chi connectivity index (χ3n) is 5.46. The number of thiophene rings is 1. The maximum absolute atomic E-state index is 6.39. The molecule has 4 aromatic rings. The van der Waals surface area contributed by atoms with Gasteiger partial charge in [-0.15, -0.1) is 11.3 Å². The van der Waals surface area contributed by atoms with Crippen molar-refractivity contribution in [1.29, 1.82) is 0 Å². The number of rotatable bonds is 5. The van der Waals surface area contributed by atoms with Crippen LogP contribution in [0.2, 0.25) is 5.02 Å². The first kappa shape index (κ1) is 19.8. The summed E-state index contributed by atoms with van der Waals surface area (Å²) in [7, 11) is 0. The predicted octanol–water partition coefficient (Wildman–Crippen LogP) is 4.36. The summed E-state index contributed by atoms with van der Waals surface area (Å²) >= 11 is 9.37. The Balaban J connectivity index is 1.35. The highest BCUT2D eigenvalue weighted by atomic mass is 35.5. The average Bonchev–Trinajstić information content (AvgIpc) is 3.12. The Morgan fingerprint density at radius 3 is 2.63 bits per heavy atom. The van der Waals surface area contributed by atoms with Crippen LogP contribution in [-0.2, 0) is 25.3 Å². The first-order chi connectivity index (χ1) is 14.7. The van der Waals surface area contributed by atoms with E-state index in [1.54, 1.807) is 28.0 Å². The summed E-state index contributed by atoms with van der Waals surface area (Å²) in [6, 6.07) is 18.6. The molecule has 0 spiro atoms. The van der Waals surface area contributed by atoms with E-state index in [0.29, 0.717) is 5.82 Å². The van der Waals surface area contributed by atoms with Crippen molar-refractivity contribution in [1.82, 2.24) is 9.97 Å². The summed E-state index contributed by atoms with van der Waals surface area (Å²) in [5.41, 5.74) is 10.3. The van der Waals surface area contributed by atoms with Crippen LogP contribution >= 0.6 is 34.7 Å². The van der Waals surface area contributed by atoms with Crippen LogP contribution in [-0.4, -0.2) is 16.5 Å². The monoisotopic (exact) mass is 453 g/mol. The Bertz CT molecular complexity index is 1180. The molecule has 152 valence electrons. The standard InChI is InChI=1S/C23H21ClN4S2/c24-17-8-6-16(7-9-17)14-29-23-26-21(25)20-18-10-11-28(12-15-4-2-1-3-5-15)13-19(18)30-22(20)27-23/h1-9H,10-14H2,(H2,25,26,27)/p+1. The van der Waals surface area contributed by atoms with E-state index in [2.05, 4.69) is 35.3 Å². The summed E-state index contributed by atoms with van der Waals surface area (Å²) in [5, 5.41) is 2.56. The van der Waals surface area contributed by atoms with E-state index in [0.717, 1.165) is 52.2 Å². The molecule has 30 heavy (non-hydrogen) atoms. The maximum Gasteiger partial charge on any atom is 0.191 e. The highest BCUT2D eigenvalue weighted by Gasteiger charge is 2.26. The molecule has 1 aliphatic rings. The Hall–Kier alpha value is -2.12. The summed E-state index contributed by atoms with van der Waals surface area (Å²) in [6.45, 7) is 3.19. The average molecular weight is 454 g/mol. The molecule has 0 saturated carbocycles. The number of halogens is 1. The molecule has 5 rings (SSSR count). The number of nitrogens with zero attached hydrogens (tertiary/aromatic N) is 2. The maximum atomic E-state index is 6.39. The summed E-state index contributed by atoms with van der Waals surface area (Å²) in [4.78, 5) is 13.5. The van der Waals surface area contributed by atoms with E-state index in [4.69, 9.17) is 22.3 Å². The van der Waals surface area contributed by atoms with Crippen molar-refractivity contribution < 1.29 is 4.90 Å². The Labute approximate surface area is 189 Å². The van der Waals surface area contributed by atoms with Gasteiger partial charge in [0.25, 0.3) is 0 Å². The molecule has 3 heterocycles. The summed E-state index contributed by atoms with van der Waals surface area (Å²) in [6.07, 6.45) is 1.03. The number of aromatic nitrogens is 2. The minimum atomic E-state index is 0.614.